The number of nitrogens with one attached hydrogen (secondary N) is 1. The third-order valence-electron chi connectivity index (χ3n) is 1.65. The summed E-state index contributed by atoms with van der Waals surface area (Å²) in [6, 6.07) is 8.94. The number of nitrogens with zero attached hydrogens (tertiary/aromatic N) is 2. The fraction of sp³-hybridized carbons (Fsp3) is 0. The molecule has 1 aromatic carbocycles. The monoisotopic (exact) mass is 173 g/mol. The van der Waals surface area contributed by atoms with Gasteiger partial charge >= 0.3 is 0 Å². The third kappa shape index (κ3) is 1.46. The summed E-state index contributed by atoms with van der Waals surface area (Å²) in [5.41, 5.74) is 0.599. The molecule has 0 aliphatic rings. The van der Waals surface area contributed by atoms with Gasteiger partial charge in [0.1, 0.15) is 6.33 Å². The van der Waals surface area contributed by atoms with E-state index in [1.165, 1.54) is 6.33 Å². The highest BCUT2D eigenvalue weighted by Crippen LogP contribution is 2.03. The lowest BCUT2D eigenvalue weighted by Crippen LogP contribution is -2.03. The summed E-state index contributed by atoms with van der Waals surface area (Å²) in [5.74, 6) is 0.0352. The van der Waals surface area contributed by atoms with E-state index in [2.05, 4.69) is 15.2 Å². The average molecular weight is 173 g/mol. The molecule has 1 heterocycles. The lowest BCUT2D eigenvalue weighted by Gasteiger charge is -1.93. The predicted molar refractivity (Wildman–Crippen MR) is 46.3 cm³/mol. The Morgan fingerprint density at radius 2 is 2.00 bits per heavy atom. The maximum atomic E-state index is 11.6. The average Bonchev–Trinajstić information content (AvgIpc) is 2.71. The molecule has 0 aliphatic heterocycles. The molecule has 0 saturated heterocycles. The molecule has 64 valence electrons. The molecule has 0 spiro atoms. The first-order valence-corrected chi connectivity index (χ1v) is 3.83. The van der Waals surface area contributed by atoms with Crippen LogP contribution in [0, 0.1) is 0 Å². The SMILES string of the molecule is O=C(c1ccccc1)c1nc[nH]n1. The fourth-order valence-electron chi connectivity index (χ4n) is 1.04. The van der Waals surface area contributed by atoms with Gasteiger partial charge in [-0.05, 0) is 0 Å². The van der Waals surface area contributed by atoms with Crippen LogP contribution >= 0.6 is 0 Å². The molecular weight excluding hydrogens is 166 g/mol. The van der Waals surface area contributed by atoms with Gasteiger partial charge in [0.2, 0.25) is 11.6 Å². The Labute approximate surface area is 74.6 Å². The van der Waals surface area contributed by atoms with Crippen molar-refractivity contribution in [1.82, 2.24) is 15.2 Å². The number of hydrogen-bond donors (Lipinski definition) is 1. The maximum Gasteiger partial charge on any atom is 0.232 e. The van der Waals surface area contributed by atoms with Crippen LogP contribution in [0.25, 0.3) is 0 Å². The van der Waals surface area contributed by atoms with Gasteiger partial charge in [-0.3, -0.25) is 9.89 Å². The third-order valence-corrected chi connectivity index (χ3v) is 1.65. The van der Waals surface area contributed by atoms with Crippen LogP contribution in [0.2, 0.25) is 0 Å². The quantitative estimate of drug-likeness (QED) is 0.690. The number of aromatic amines is 1. The van der Waals surface area contributed by atoms with E-state index in [1.807, 2.05) is 6.07 Å². The Hall–Kier alpha value is -1.97. The van der Waals surface area contributed by atoms with Crippen molar-refractivity contribution in [3.05, 3.63) is 48.0 Å². The molecule has 2 aromatic rings. The number of ketones is 1. The van der Waals surface area contributed by atoms with Crippen LogP contribution in [-0.4, -0.2) is 21.0 Å². The summed E-state index contributed by atoms with van der Waals surface area (Å²) < 4.78 is 0. The highest BCUT2D eigenvalue weighted by atomic mass is 16.1. The smallest absolute Gasteiger partial charge is 0.232 e. The topological polar surface area (TPSA) is 58.6 Å². The summed E-state index contributed by atoms with van der Waals surface area (Å²) in [5, 5.41) is 6.21. The Morgan fingerprint density at radius 3 is 2.62 bits per heavy atom. The Balaban J connectivity index is 2.34. The second kappa shape index (κ2) is 3.18. The van der Waals surface area contributed by atoms with E-state index in [1.54, 1.807) is 24.3 Å². The second-order valence-corrected chi connectivity index (χ2v) is 2.52. The highest BCUT2D eigenvalue weighted by molar-refractivity contribution is 6.06. The largest absolute Gasteiger partial charge is 0.285 e. The molecule has 0 atom stereocenters. The van der Waals surface area contributed by atoms with Crippen molar-refractivity contribution >= 4 is 5.78 Å². The van der Waals surface area contributed by atoms with E-state index in [0.717, 1.165) is 0 Å². The molecule has 1 aromatic heterocycles. The molecule has 0 fully saturated rings. The minimum absolute atomic E-state index is 0.165. The molecule has 0 saturated carbocycles. The molecule has 4 nitrogen and oxygen atoms in total. The summed E-state index contributed by atoms with van der Waals surface area (Å²) >= 11 is 0. The van der Waals surface area contributed by atoms with Gasteiger partial charge in [-0.1, -0.05) is 30.3 Å². The van der Waals surface area contributed by atoms with Crippen LogP contribution in [-0.2, 0) is 0 Å². The van der Waals surface area contributed by atoms with Gasteiger partial charge in [0.05, 0.1) is 0 Å². The fourth-order valence-corrected chi connectivity index (χ4v) is 1.04. The van der Waals surface area contributed by atoms with Crippen molar-refractivity contribution in [2.45, 2.75) is 0 Å². The van der Waals surface area contributed by atoms with Gasteiger partial charge in [-0.25, -0.2) is 4.98 Å². The summed E-state index contributed by atoms with van der Waals surface area (Å²) in [7, 11) is 0. The zero-order valence-electron chi connectivity index (χ0n) is 6.77. The molecule has 0 amide bonds. The van der Waals surface area contributed by atoms with Gasteiger partial charge in [0, 0.05) is 5.56 Å². The van der Waals surface area contributed by atoms with Crippen molar-refractivity contribution in [2.24, 2.45) is 0 Å². The summed E-state index contributed by atoms with van der Waals surface area (Å²) in [4.78, 5) is 15.3. The Kier molecular flexibility index (Phi) is 1.88. The van der Waals surface area contributed by atoms with Crippen LogP contribution in [0.5, 0.6) is 0 Å². The van der Waals surface area contributed by atoms with Crippen LogP contribution in [0.1, 0.15) is 16.2 Å². The van der Waals surface area contributed by atoms with E-state index in [9.17, 15) is 4.79 Å². The number of aromatic nitrogens is 3. The van der Waals surface area contributed by atoms with Gasteiger partial charge in [0.25, 0.3) is 0 Å². The number of H-pyrrole nitrogens is 1. The van der Waals surface area contributed by atoms with Crippen LogP contribution in [0.3, 0.4) is 0 Å². The lowest BCUT2D eigenvalue weighted by atomic mass is 10.1. The first-order valence-electron chi connectivity index (χ1n) is 3.83. The number of carbonyl (C=O) groups is 1. The molecule has 13 heavy (non-hydrogen) atoms. The lowest BCUT2D eigenvalue weighted by molar-refractivity contribution is 0.103. The maximum absolute atomic E-state index is 11.6. The predicted octanol–water partition coefficient (Wildman–Crippen LogP) is 1.04. The summed E-state index contributed by atoms with van der Waals surface area (Å²) in [6.45, 7) is 0. The van der Waals surface area contributed by atoms with Gasteiger partial charge < -0.3 is 0 Å². The second-order valence-electron chi connectivity index (χ2n) is 2.52. The van der Waals surface area contributed by atoms with E-state index in [0.29, 0.717) is 5.56 Å². The van der Waals surface area contributed by atoms with Crippen molar-refractivity contribution in [3.63, 3.8) is 0 Å². The van der Waals surface area contributed by atoms with E-state index < -0.39 is 0 Å². The zero-order valence-corrected chi connectivity index (χ0v) is 6.77. The normalized spacial score (nSPS) is 9.85. The number of benzene rings is 1. The van der Waals surface area contributed by atoms with E-state index in [4.69, 9.17) is 0 Å². The van der Waals surface area contributed by atoms with E-state index >= 15 is 0 Å². The van der Waals surface area contributed by atoms with Crippen LogP contribution in [0.4, 0.5) is 0 Å². The molecule has 1 N–H and O–H groups in total. The molecule has 0 radical (unpaired) electrons. The number of hydrogen-bond acceptors (Lipinski definition) is 3. The standard InChI is InChI=1S/C9H7N3O/c13-8(9-10-6-11-12-9)7-4-2-1-3-5-7/h1-6H,(H,10,11,12). The van der Waals surface area contributed by atoms with Crippen LogP contribution < -0.4 is 0 Å². The van der Waals surface area contributed by atoms with Gasteiger partial charge in [-0.2, -0.15) is 5.10 Å². The summed E-state index contributed by atoms with van der Waals surface area (Å²) in [6.07, 6.45) is 1.39. The highest BCUT2D eigenvalue weighted by Gasteiger charge is 2.10. The molecule has 0 aliphatic carbocycles. The van der Waals surface area contributed by atoms with Gasteiger partial charge in [0.15, 0.2) is 0 Å². The van der Waals surface area contributed by atoms with Crippen molar-refractivity contribution in [3.8, 4) is 0 Å². The van der Waals surface area contributed by atoms with Crippen molar-refractivity contribution < 1.29 is 4.79 Å². The first-order chi connectivity index (χ1) is 6.38. The first kappa shape index (κ1) is 7.67. The molecule has 2 rings (SSSR count). The molecule has 0 bridgehead atoms. The van der Waals surface area contributed by atoms with E-state index in [-0.39, 0.29) is 11.6 Å². The van der Waals surface area contributed by atoms with Crippen LogP contribution in [0.15, 0.2) is 36.7 Å². The van der Waals surface area contributed by atoms with Crippen molar-refractivity contribution in [2.75, 3.05) is 0 Å². The Morgan fingerprint density at radius 1 is 1.23 bits per heavy atom. The van der Waals surface area contributed by atoms with Crippen molar-refractivity contribution in [1.29, 1.82) is 0 Å². The molecule has 4 heteroatoms. The molecular formula is C9H7N3O. The van der Waals surface area contributed by atoms with Gasteiger partial charge in [-0.15, -0.1) is 0 Å². The minimum atomic E-state index is -0.165. The minimum Gasteiger partial charge on any atom is -0.285 e. The number of rotatable bonds is 2. The molecule has 0 unspecified atom stereocenters. The Bertz CT molecular complexity index is 394. The number of carbonyl (C=O) groups excluding carboxylic acids is 1. The zero-order chi connectivity index (χ0) is 9.10.